The first-order valence-corrected chi connectivity index (χ1v) is 6.48. The third-order valence-electron chi connectivity index (χ3n) is 1.50. The summed E-state index contributed by atoms with van der Waals surface area (Å²) < 4.78 is 0. The number of carbonyl (C=O) groups is 2. The summed E-state index contributed by atoms with van der Waals surface area (Å²) in [6, 6.07) is 12.3. The Balaban J connectivity index is -0.0000000635. The van der Waals surface area contributed by atoms with Gasteiger partial charge in [-0.05, 0) is 13.8 Å². The largest absolute Gasteiger partial charge is 0.465 e. The van der Waals surface area contributed by atoms with Gasteiger partial charge < -0.3 is 43.4 Å². The van der Waals surface area contributed by atoms with E-state index < -0.39 is 12.2 Å². The van der Waals surface area contributed by atoms with Crippen molar-refractivity contribution in [2.24, 2.45) is 22.9 Å². The van der Waals surface area contributed by atoms with E-state index in [0.717, 1.165) is 14.2 Å². The van der Waals surface area contributed by atoms with Crippen molar-refractivity contribution in [1.29, 1.82) is 0 Å². The molecular weight excluding hydrogens is 320 g/mol. The highest BCUT2D eigenvalue weighted by molar-refractivity contribution is 5.61. The highest BCUT2D eigenvalue weighted by Crippen LogP contribution is 1.80. The van der Waals surface area contributed by atoms with E-state index in [4.69, 9.17) is 41.5 Å². The van der Waals surface area contributed by atoms with Crippen LogP contribution in [-0.2, 0) is 0 Å². The quantitative estimate of drug-likeness (QED) is 0.338. The number of hydrogen-bond acceptors (Lipinski definition) is 6. The Morgan fingerprint density at radius 2 is 0.750 bits per heavy atom. The third kappa shape index (κ3) is 117. The summed E-state index contributed by atoms with van der Waals surface area (Å²) in [7, 11) is 2.00. The highest BCUT2D eigenvalue weighted by Gasteiger charge is 1.96. The van der Waals surface area contributed by atoms with Crippen LogP contribution in [0.15, 0.2) is 36.4 Å². The van der Waals surface area contributed by atoms with Crippen LogP contribution in [0.5, 0.6) is 0 Å². The fraction of sp³-hybridized carbons (Fsp3) is 0.429. The van der Waals surface area contributed by atoms with Gasteiger partial charge in [-0.2, -0.15) is 0 Å². The second-order valence-corrected chi connectivity index (χ2v) is 3.55. The number of benzene rings is 1. The first-order valence-electron chi connectivity index (χ1n) is 6.48. The van der Waals surface area contributed by atoms with E-state index in [1.165, 1.54) is 0 Å². The number of hydrogen-bond donors (Lipinski definition) is 8. The maximum Gasteiger partial charge on any atom is 0.402 e. The second kappa shape index (κ2) is 32.5. The molecular formula is C14H32N4O6. The Kier molecular flexibility index (Phi) is 45.1. The van der Waals surface area contributed by atoms with Crippen molar-refractivity contribution < 1.29 is 30.0 Å². The van der Waals surface area contributed by atoms with Crippen molar-refractivity contribution in [2.75, 3.05) is 14.2 Å². The SMILES string of the molecule is CC(N)C(C)N.CO.CO.NC(=O)O.NC(=O)O.c1ccccc1. The molecule has 0 aliphatic heterocycles. The number of rotatable bonds is 1. The Hall–Kier alpha value is -2.40. The molecule has 144 valence electrons. The summed E-state index contributed by atoms with van der Waals surface area (Å²) in [5.74, 6) is 0. The lowest BCUT2D eigenvalue weighted by molar-refractivity contribution is 0.204. The standard InChI is InChI=1S/C6H6.C4H12N2.2CH3NO2.2CH4O/c1-2-4-6-5-3-1;1-3(5)4(2)6;2*2-1(3)4;2*1-2/h1-6H;3-4H,5-6H2,1-2H3;2*2H2,(H,3,4);2*2H,1H3. The maximum absolute atomic E-state index is 8.78. The number of aliphatic hydroxyl groups excluding tert-OH is 2. The molecule has 10 heteroatoms. The van der Waals surface area contributed by atoms with Crippen LogP contribution in [0, 0.1) is 0 Å². The minimum absolute atomic E-state index is 0.130. The number of carboxylic acid groups (broad SMARTS) is 2. The summed E-state index contributed by atoms with van der Waals surface area (Å²) in [5.41, 5.74) is 18.7. The van der Waals surface area contributed by atoms with Gasteiger partial charge in [0.2, 0.25) is 0 Å². The van der Waals surface area contributed by atoms with Gasteiger partial charge in [-0.3, -0.25) is 0 Å². The van der Waals surface area contributed by atoms with Gasteiger partial charge in [0.1, 0.15) is 0 Å². The van der Waals surface area contributed by atoms with Crippen LogP contribution in [-0.4, -0.2) is 58.9 Å². The second-order valence-electron chi connectivity index (χ2n) is 3.55. The molecule has 0 aliphatic rings. The van der Waals surface area contributed by atoms with Gasteiger partial charge in [0, 0.05) is 26.3 Å². The molecule has 1 rings (SSSR count). The molecule has 12 N–H and O–H groups in total. The van der Waals surface area contributed by atoms with E-state index >= 15 is 0 Å². The smallest absolute Gasteiger partial charge is 0.402 e. The molecule has 0 fully saturated rings. The van der Waals surface area contributed by atoms with E-state index in [2.05, 4.69) is 11.5 Å². The highest BCUT2D eigenvalue weighted by atomic mass is 16.4. The van der Waals surface area contributed by atoms with Crippen LogP contribution >= 0.6 is 0 Å². The van der Waals surface area contributed by atoms with Crippen LogP contribution in [0.2, 0.25) is 0 Å². The van der Waals surface area contributed by atoms with Crippen molar-refractivity contribution in [3.8, 4) is 0 Å². The minimum Gasteiger partial charge on any atom is -0.465 e. The Morgan fingerprint density at radius 1 is 0.667 bits per heavy atom. The van der Waals surface area contributed by atoms with Crippen molar-refractivity contribution >= 4 is 12.2 Å². The zero-order chi connectivity index (χ0) is 20.6. The van der Waals surface area contributed by atoms with E-state index in [1.54, 1.807) is 0 Å². The van der Waals surface area contributed by atoms with Gasteiger partial charge in [0.25, 0.3) is 0 Å². The topological polar surface area (TPSA) is 219 Å². The predicted octanol–water partition coefficient (Wildman–Crippen LogP) is -0.169. The predicted molar refractivity (Wildman–Crippen MR) is 94.5 cm³/mol. The van der Waals surface area contributed by atoms with Gasteiger partial charge in [-0.25, -0.2) is 9.59 Å². The molecule has 0 saturated carbocycles. The van der Waals surface area contributed by atoms with Crippen LogP contribution in [0.25, 0.3) is 0 Å². The Bertz CT molecular complexity index is 285. The zero-order valence-corrected chi connectivity index (χ0v) is 14.5. The lowest BCUT2D eigenvalue weighted by Gasteiger charge is -2.06. The van der Waals surface area contributed by atoms with E-state index in [1.807, 2.05) is 50.2 Å². The van der Waals surface area contributed by atoms with Crippen molar-refractivity contribution in [1.82, 2.24) is 0 Å². The molecule has 0 spiro atoms. The van der Waals surface area contributed by atoms with Crippen molar-refractivity contribution in [3.63, 3.8) is 0 Å². The van der Waals surface area contributed by atoms with E-state index in [9.17, 15) is 0 Å². The maximum atomic E-state index is 8.78. The van der Waals surface area contributed by atoms with Gasteiger partial charge >= 0.3 is 12.2 Å². The molecule has 10 nitrogen and oxygen atoms in total. The first-order chi connectivity index (χ1) is 11.1. The molecule has 0 heterocycles. The van der Waals surface area contributed by atoms with Gasteiger partial charge in [-0.15, -0.1) is 0 Å². The normalized spacial score (nSPS) is 9.50. The van der Waals surface area contributed by atoms with Gasteiger partial charge in [0.15, 0.2) is 0 Å². The van der Waals surface area contributed by atoms with E-state index in [0.29, 0.717) is 0 Å². The Morgan fingerprint density at radius 3 is 0.792 bits per heavy atom. The molecule has 0 saturated heterocycles. The van der Waals surface area contributed by atoms with Crippen LogP contribution in [0.3, 0.4) is 0 Å². The summed E-state index contributed by atoms with van der Waals surface area (Å²) in [5, 5.41) is 28.4. The molecule has 1 aromatic carbocycles. The van der Waals surface area contributed by atoms with Crippen molar-refractivity contribution in [3.05, 3.63) is 36.4 Å². The van der Waals surface area contributed by atoms with Crippen LogP contribution in [0.4, 0.5) is 9.59 Å². The fourth-order valence-corrected chi connectivity index (χ4v) is 0.385. The summed E-state index contributed by atoms with van der Waals surface area (Å²) >= 11 is 0. The van der Waals surface area contributed by atoms with Crippen molar-refractivity contribution in [2.45, 2.75) is 25.9 Å². The molecule has 1 aromatic rings. The molecule has 2 atom stereocenters. The first kappa shape index (κ1) is 33.3. The third-order valence-corrected chi connectivity index (χ3v) is 1.50. The molecule has 0 aliphatic carbocycles. The molecule has 2 unspecified atom stereocenters. The number of aliphatic hydroxyl groups is 2. The number of nitrogens with two attached hydrogens (primary N) is 4. The van der Waals surface area contributed by atoms with E-state index in [-0.39, 0.29) is 12.1 Å². The average Bonchev–Trinajstić information content (AvgIpc) is 2.52. The molecule has 0 bridgehead atoms. The monoisotopic (exact) mass is 352 g/mol. The lowest BCUT2D eigenvalue weighted by atomic mass is 10.2. The molecule has 0 radical (unpaired) electrons. The summed E-state index contributed by atoms with van der Waals surface area (Å²) in [4.78, 5) is 17.6. The molecule has 0 aromatic heterocycles. The fourth-order valence-electron chi connectivity index (χ4n) is 0.385. The number of primary amides is 2. The van der Waals surface area contributed by atoms with Gasteiger partial charge in [0.05, 0.1) is 0 Å². The van der Waals surface area contributed by atoms with Crippen LogP contribution in [0.1, 0.15) is 13.8 Å². The average molecular weight is 352 g/mol. The minimum atomic E-state index is -1.33. The number of amides is 2. The molecule has 24 heavy (non-hydrogen) atoms. The van der Waals surface area contributed by atoms with Gasteiger partial charge in [-0.1, -0.05) is 36.4 Å². The zero-order valence-electron chi connectivity index (χ0n) is 14.5. The molecule has 2 amide bonds. The summed E-state index contributed by atoms with van der Waals surface area (Å²) in [6.07, 6.45) is -2.67. The van der Waals surface area contributed by atoms with Crippen LogP contribution < -0.4 is 22.9 Å². The Labute approximate surface area is 142 Å². The summed E-state index contributed by atoms with van der Waals surface area (Å²) in [6.45, 7) is 3.79. The lowest BCUT2D eigenvalue weighted by Crippen LogP contribution is -2.35.